The van der Waals surface area contributed by atoms with Crippen LogP contribution in [0.5, 0.6) is 5.75 Å². The summed E-state index contributed by atoms with van der Waals surface area (Å²) in [6, 6.07) is 16.3. The van der Waals surface area contributed by atoms with Gasteiger partial charge in [0.15, 0.2) is 0 Å². The van der Waals surface area contributed by atoms with Gasteiger partial charge >= 0.3 is 0 Å². The fraction of sp³-hybridized carbons (Fsp3) is 0.400. The number of nitrogens with one attached hydrogen (secondary N) is 1. The van der Waals surface area contributed by atoms with Crippen LogP contribution in [0, 0.1) is 0 Å². The van der Waals surface area contributed by atoms with Crippen molar-refractivity contribution in [3.8, 4) is 5.75 Å². The predicted molar refractivity (Wildman–Crippen MR) is 117 cm³/mol. The van der Waals surface area contributed by atoms with Crippen LogP contribution in [0.4, 0.5) is 0 Å². The molecule has 2 rings (SSSR count). The topological polar surface area (TPSA) is 24.5 Å². The third-order valence-electron chi connectivity index (χ3n) is 3.75. The van der Waals surface area contributed by atoms with E-state index in [1.54, 1.807) is 0 Å². The van der Waals surface area contributed by atoms with Crippen LogP contribution < -0.4 is 10.1 Å². The third-order valence-corrected chi connectivity index (χ3v) is 3.99. The van der Waals surface area contributed by atoms with Gasteiger partial charge < -0.3 is 15.0 Å². The molecule has 0 aliphatic rings. The molecule has 0 aliphatic heterocycles. The van der Waals surface area contributed by atoms with E-state index in [2.05, 4.69) is 48.6 Å². The minimum Gasteiger partial charge on any atom is -0.493 e. The summed E-state index contributed by atoms with van der Waals surface area (Å²) < 4.78 is 5.98. The number of hydrogen-bond donors (Lipinski definition) is 1. The lowest BCUT2D eigenvalue weighted by Gasteiger charge is -2.13. The first-order valence-electron chi connectivity index (χ1n) is 8.46. The second kappa shape index (κ2) is 14.1. The first kappa shape index (κ1) is 25.0. The van der Waals surface area contributed by atoms with Gasteiger partial charge in [0.05, 0.1) is 6.61 Å². The Labute approximate surface area is 174 Å². The molecule has 0 heterocycles. The van der Waals surface area contributed by atoms with Gasteiger partial charge in [0.2, 0.25) is 0 Å². The molecule has 0 aromatic heterocycles. The molecule has 6 heteroatoms. The van der Waals surface area contributed by atoms with E-state index in [1.165, 1.54) is 5.56 Å². The molecule has 2 aromatic carbocycles. The van der Waals surface area contributed by atoms with E-state index >= 15 is 0 Å². The van der Waals surface area contributed by atoms with E-state index < -0.39 is 0 Å². The van der Waals surface area contributed by atoms with Crippen LogP contribution in [-0.4, -0.2) is 45.2 Å². The second-order valence-corrected chi connectivity index (χ2v) is 6.61. The summed E-state index contributed by atoms with van der Waals surface area (Å²) in [5.41, 5.74) is 2.39. The van der Waals surface area contributed by atoms with Crippen molar-refractivity contribution in [3.05, 3.63) is 64.7 Å². The van der Waals surface area contributed by atoms with Crippen LogP contribution in [-0.2, 0) is 6.42 Å². The van der Waals surface area contributed by atoms with Crippen LogP contribution in [0.1, 0.15) is 17.5 Å². The Bertz CT molecular complexity index is 609. The standard InChI is InChI=1S/C20H27ClN2O.2ClH/c1-23(2)13-12-22-11-6-14-24-20-10-9-19(21)16-18(20)15-17-7-4-3-5-8-17;;/h3-5,7-10,16,22H,6,11-15H2,1-2H3;2*1H. The summed E-state index contributed by atoms with van der Waals surface area (Å²) >= 11 is 6.16. The molecule has 0 spiro atoms. The zero-order chi connectivity index (χ0) is 17.2. The highest BCUT2D eigenvalue weighted by atomic mass is 35.5. The van der Waals surface area contributed by atoms with Crippen LogP contribution in [0.25, 0.3) is 0 Å². The number of benzene rings is 2. The van der Waals surface area contributed by atoms with Crippen molar-refractivity contribution in [1.29, 1.82) is 0 Å². The lowest BCUT2D eigenvalue weighted by Crippen LogP contribution is -2.27. The van der Waals surface area contributed by atoms with Crippen molar-refractivity contribution in [2.24, 2.45) is 0 Å². The van der Waals surface area contributed by atoms with Crippen molar-refractivity contribution < 1.29 is 4.74 Å². The van der Waals surface area contributed by atoms with E-state index in [4.69, 9.17) is 16.3 Å². The van der Waals surface area contributed by atoms with Crippen LogP contribution >= 0.6 is 36.4 Å². The Balaban J connectivity index is 0.00000312. The molecule has 0 saturated carbocycles. The average Bonchev–Trinajstić information content (AvgIpc) is 2.56. The average molecular weight is 420 g/mol. The fourth-order valence-corrected chi connectivity index (χ4v) is 2.64. The van der Waals surface area contributed by atoms with E-state index in [-0.39, 0.29) is 24.8 Å². The van der Waals surface area contributed by atoms with Gasteiger partial charge in [0.1, 0.15) is 5.75 Å². The Hall–Kier alpha value is -0.970. The smallest absolute Gasteiger partial charge is 0.122 e. The van der Waals surface area contributed by atoms with E-state index in [1.807, 2.05) is 24.3 Å². The SMILES string of the molecule is CN(C)CCNCCCOc1ccc(Cl)cc1Cc1ccccc1.Cl.Cl. The summed E-state index contributed by atoms with van der Waals surface area (Å²) in [6.45, 7) is 3.74. The van der Waals surface area contributed by atoms with Gasteiger partial charge in [-0.2, -0.15) is 0 Å². The Morgan fingerprint density at radius 3 is 2.42 bits per heavy atom. The molecule has 0 amide bonds. The monoisotopic (exact) mass is 418 g/mol. The summed E-state index contributed by atoms with van der Waals surface area (Å²) in [5, 5.41) is 4.17. The van der Waals surface area contributed by atoms with Crippen molar-refractivity contribution in [2.75, 3.05) is 40.3 Å². The number of ether oxygens (including phenoxy) is 1. The van der Waals surface area contributed by atoms with Crippen molar-refractivity contribution in [1.82, 2.24) is 10.2 Å². The Kier molecular flexibility index (Phi) is 13.6. The maximum absolute atomic E-state index is 6.16. The van der Waals surface area contributed by atoms with Gasteiger partial charge in [0.25, 0.3) is 0 Å². The van der Waals surface area contributed by atoms with Crippen LogP contribution in [0.3, 0.4) is 0 Å². The zero-order valence-electron chi connectivity index (χ0n) is 15.4. The zero-order valence-corrected chi connectivity index (χ0v) is 17.8. The molecule has 146 valence electrons. The van der Waals surface area contributed by atoms with Gasteiger partial charge in [-0.15, -0.1) is 24.8 Å². The normalized spacial score (nSPS) is 10.2. The highest BCUT2D eigenvalue weighted by Crippen LogP contribution is 2.25. The number of hydrogen-bond acceptors (Lipinski definition) is 3. The number of likely N-dealkylation sites (N-methyl/N-ethyl adjacent to an activating group) is 1. The van der Waals surface area contributed by atoms with Gasteiger partial charge in [-0.1, -0.05) is 41.9 Å². The molecule has 0 aliphatic carbocycles. The first-order valence-corrected chi connectivity index (χ1v) is 8.83. The first-order chi connectivity index (χ1) is 11.6. The molecule has 0 saturated heterocycles. The summed E-state index contributed by atoms with van der Waals surface area (Å²) in [5.74, 6) is 0.927. The summed E-state index contributed by atoms with van der Waals surface area (Å²) in [7, 11) is 4.17. The molecule has 26 heavy (non-hydrogen) atoms. The fourth-order valence-electron chi connectivity index (χ4n) is 2.45. The lowest BCUT2D eigenvalue weighted by atomic mass is 10.0. The maximum Gasteiger partial charge on any atom is 0.122 e. The largest absolute Gasteiger partial charge is 0.493 e. The minimum absolute atomic E-state index is 0. The molecule has 0 fully saturated rings. The second-order valence-electron chi connectivity index (χ2n) is 6.17. The lowest BCUT2D eigenvalue weighted by molar-refractivity contribution is 0.303. The predicted octanol–water partition coefficient (Wildman–Crippen LogP) is 4.69. The number of nitrogens with zero attached hydrogens (tertiary/aromatic N) is 1. The van der Waals surface area contributed by atoms with Crippen LogP contribution in [0.15, 0.2) is 48.5 Å². The van der Waals surface area contributed by atoms with Crippen molar-refractivity contribution in [2.45, 2.75) is 12.8 Å². The third kappa shape index (κ3) is 9.65. The number of rotatable bonds is 10. The van der Waals surface area contributed by atoms with Gasteiger partial charge in [-0.3, -0.25) is 0 Å². The highest BCUT2D eigenvalue weighted by molar-refractivity contribution is 6.30. The number of halogens is 3. The molecule has 0 radical (unpaired) electrons. The minimum atomic E-state index is 0. The summed E-state index contributed by atoms with van der Waals surface area (Å²) in [4.78, 5) is 2.17. The Morgan fingerprint density at radius 2 is 1.73 bits per heavy atom. The molecule has 1 N–H and O–H groups in total. The van der Waals surface area contributed by atoms with E-state index in [0.29, 0.717) is 6.61 Å². The molecule has 0 atom stereocenters. The molecule has 0 bridgehead atoms. The molecule has 3 nitrogen and oxygen atoms in total. The quantitative estimate of drug-likeness (QED) is 0.565. The van der Waals surface area contributed by atoms with E-state index in [9.17, 15) is 0 Å². The molecular formula is C20H29Cl3N2O. The molecule has 2 aromatic rings. The maximum atomic E-state index is 6.16. The van der Waals surface area contributed by atoms with Gasteiger partial charge in [-0.05, 0) is 56.4 Å². The molecule has 0 unspecified atom stereocenters. The van der Waals surface area contributed by atoms with E-state index in [0.717, 1.165) is 48.8 Å². The van der Waals surface area contributed by atoms with Crippen molar-refractivity contribution >= 4 is 36.4 Å². The summed E-state index contributed by atoms with van der Waals surface area (Å²) in [6.07, 6.45) is 1.82. The van der Waals surface area contributed by atoms with Crippen LogP contribution in [0.2, 0.25) is 5.02 Å². The van der Waals surface area contributed by atoms with Gasteiger partial charge in [-0.25, -0.2) is 0 Å². The Morgan fingerprint density at radius 1 is 1.00 bits per heavy atom. The van der Waals surface area contributed by atoms with Crippen molar-refractivity contribution in [3.63, 3.8) is 0 Å². The van der Waals surface area contributed by atoms with Gasteiger partial charge in [0, 0.05) is 24.5 Å². The molecular weight excluding hydrogens is 391 g/mol. The highest BCUT2D eigenvalue weighted by Gasteiger charge is 2.06.